The van der Waals surface area contributed by atoms with Gasteiger partial charge in [-0.05, 0) is 34.1 Å². The lowest BCUT2D eigenvalue weighted by Gasteiger charge is -2.27. The zero-order chi connectivity index (χ0) is 17.5. The summed E-state index contributed by atoms with van der Waals surface area (Å²) in [6.45, 7) is 0.196. The standard InChI is InChI=1S/C15H10BrClF3N3O/c16-11-8-21-23-12(4-5-22(14(11)23)13(24)7-17)9-2-1-3-10(6-9)15(18,19)20/h1-4,6,8H,5,7H2. The van der Waals surface area contributed by atoms with Crippen LogP contribution in [0, 0.1) is 0 Å². The first-order valence-electron chi connectivity index (χ1n) is 6.81. The summed E-state index contributed by atoms with van der Waals surface area (Å²) >= 11 is 8.92. The molecule has 0 unspecified atom stereocenters. The Kier molecular flexibility index (Phi) is 4.44. The summed E-state index contributed by atoms with van der Waals surface area (Å²) < 4.78 is 40.8. The van der Waals surface area contributed by atoms with Gasteiger partial charge in [0, 0.05) is 12.1 Å². The number of carbonyl (C=O) groups is 1. The van der Waals surface area contributed by atoms with Gasteiger partial charge in [-0.3, -0.25) is 9.69 Å². The van der Waals surface area contributed by atoms with Crippen LogP contribution in [0.15, 0.2) is 41.0 Å². The highest BCUT2D eigenvalue weighted by molar-refractivity contribution is 9.10. The van der Waals surface area contributed by atoms with Gasteiger partial charge < -0.3 is 0 Å². The van der Waals surface area contributed by atoms with Crippen molar-refractivity contribution in [3.05, 3.63) is 52.1 Å². The highest BCUT2D eigenvalue weighted by atomic mass is 79.9. The quantitative estimate of drug-likeness (QED) is 0.685. The average molecular weight is 421 g/mol. The van der Waals surface area contributed by atoms with E-state index in [4.69, 9.17) is 11.6 Å². The van der Waals surface area contributed by atoms with Gasteiger partial charge in [0.05, 0.1) is 21.9 Å². The third-order valence-electron chi connectivity index (χ3n) is 3.55. The minimum atomic E-state index is -4.43. The Bertz CT molecular complexity index is 832. The van der Waals surface area contributed by atoms with Gasteiger partial charge in [-0.1, -0.05) is 12.1 Å². The Hall–Kier alpha value is -1.80. The highest BCUT2D eigenvalue weighted by Gasteiger charge is 2.32. The maximum Gasteiger partial charge on any atom is 0.416 e. The molecule has 0 aliphatic carbocycles. The number of fused-ring (bicyclic) bond motifs is 1. The molecule has 0 atom stereocenters. The molecule has 3 rings (SSSR count). The first-order valence-corrected chi connectivity index (χ1v) is 8.13. The van der Waals surface area contributed by atoms with Crippen LogP contribution in [0.1, 0.15) is 11.1 Å². The van der Waals surface area contributed by atoms with Gasteiger partial charge in [0.15, 0.2) is 5.82 Å². The summed E-state index contributed by atoms with van der Waals surface area (Å²) in [6, 6.07) is 4.98. The molecule has 0 bridgehead atoms. The highest BCUT2D eigenvalue weighted by Crippen LogP contribution is 2.36. The molecule has 4 nitrogen and oxygen atoms in total. The smallest absolute Gasteiger partial charge is 0.291 e. The first kappa shape index (κ1) is 17.0. The SMILES string of the molecule is O=C(CCl)N1CC=C(c2cccc(C(F)(F)F)c2)n2ncc(Br)c21. The van der Waals surface area contributed by atoms with E-state index in [0.29, 0.717) is 21.6 Å². The van der Waals surface area contributed by atoms with Gasteiger partial charge in [0.1, 0.15) is 5.88 Å². The van der Waals surface area contributed by atoms with E-state index in [1.807, 2.05) is 0 Å². The topological polar surface area (TPSA) is 38.1 Å². The van der Waals surface area contributed by atoms with Crippen LogP contribution in [0.3, 0.4) is 0 Å². The Labute approximate surface area is 148 Å². The molecule has 2 heterocycles. The van der Waals surface area contributed by atoms with Crippen LogP contribution in [0.2, 0.25) is 0 Å². The molecule has 0 spiro atoms. The maximum absolute atomic E-state index is 12.9. The van der Waals surface area contributed by atoms with Crippen molar-refractivity contribution >= 4 is 45.0 Å². The van der Waals surface area contributed by atoms with E-state index in [0.717, 1.165) is 12.1 Å². The summed E-state index contributed by atoms with van der Waals surface area (Å²) in [5, 5.41) is 4.16. The van der Waals surface area contributed by atoms with Crippen molar-refractivity contribution in [1.29, 1.82) is 0 Å². The summed E-state index contributed by atoms with van der Waals surface area (Å²) in [5.41, 5.74) is 0.0907. The molecule has 1 aliphatic rings. The van der Waals surface area contributed by atoms with E-state index in [1.165, 1.54) is 21.8 Å². The molecule has 24 heavy (non-hydrogen) atoms. The van der Waals surface area contributed by atoms with E-state index in [9.17, 15) is 18.0 Å². The van der Waals surface area contributed by atoms with Crippen molar-refractivity contribution in [3.63, 3.8) is 0 Å². The lowest BCUT2D eigenvalue weighted by atomic mass is 10.1. The molecule has 0 saturated heterocycles. The van der Waals surface area contributed by atoms with E-state index >= 15 is 0 Å². The summed E-state index contributed by atoms with van der Waals surface area (Å²) in [5.74, 6) is -0.0846. The molecule has 1 aliphatic heterocycles. The molecule has 1 amide bonds. The maximum atomic E-state index is 12.9. The molecule has 0 N–H and O–H groups in total. The number of alkyl halides is 4. The zero-order valence-electron chi connectivity index (χ0n) is 12.0. The van der Waals surface area contributed by atoms with Crippen LogP contribution >= 0.6 is 27.5 Å². The van der Waals surface area contributed by atoms with Crippen LogP contribution in [0.5, 0.6) is 0 Å². The molecule has 1 aromatic carbocycles. The number of aromatic nitrogens is 2. The Morgan fingerprint density at radius 1 is 1.38 bits per heavy atom. The van der Waals surface area contributed by atoms with Gasteiger partial charge in [0.25, 0.3) is 0 Å². The number of nitrogens with zero attached hydrogens (tertiary/aromatic N) is 3. The molecule has 1 aromatic heterocycles. The fraction of sp³-hybridized carbons (Fsp3) is 0.200. The number of hydrogen-bond donors (Lipinski definition) is 0. The van der Waals surface area contributed by atoms with Gasteiger partial charge in [0.2, 0.25) is 5.91 Å². The fourth-order valence-electron chi connectivity index (χ4n) is 2.48. The zero-order valence-corrected chi connectivity index (χ0v) is 14.4. The second kappa shape index (κ2) is 6.25. The minimum Gasteiger partial charge on any atom is -0.291 e. The molecule has 0 saturated carbocycles. The van der Waals surface area contributed by atoms with Gasteiger partial charge in [-0.15, -0.1) is 11.6 Å². The predicted octanol–water partition coefficient (Wildman–Crippen LogP) is 4.14. The number of halogens is 5. The number of hydrogen-bond acceptors (Lipinski definition) is 2. The molecular formula is C15H10BrClF3N3O. The van der Waals surface area contributed by atoms with E-state index in [1.54, 1.807) is 12.1 Å². The number of benzene rings is 1. The Morgan fingerprint density at radius 2 is 2.12 bits per heavy atom. The first-order chi connectivity index (χ1) is 11.3. The van der Waals surface area contributed by atoms with Gasteiger partial charge in [-0.2, -0.15) is 18.3 Å². The van der Waals surface area contributed by atoms with Crippen molar-refractivity contribution in [1.82, 2.24) is 9.78 Å². The fourth-order valence-corrected chi connectivity index (χ4v) is 3.10. The van der Waals surface area contributed by atoms with Crippen LogP contribution in [0.4, 0.5) is 19.0 Å². The van der Waals surface area contributed by atoms with Crippen molar-refractivity contribution in [2.45, 2.75) is 6.18 Å². The second-order valence-corrected chi connectivity index (χ2v) is 6.16. The Balaban J connectivity index is 2.08. The largest absolute Gasteiger partial charge is 0.416 e. The van der Waals surface area contributed by atoms with E-state index in [2.05, 4.69) is 21.0 Å². The summed E-state index contributed by atoms with van der Waals surface area (Å²) in [7, 11) is 0. The van der Waals surface area contributed by atoms with E-state index in [-0.39, 0.29) is 18.3 Å². The molecule has 2 aromatic rings. The van der Waals surface area contributed by atoms with Crippen LogP contribution in [-0.4, -0.2) is 28.1 Å². The third kappa shape index (κ3) is 2.95. The normalized spacial score (nSPS) is 14.4. The predicted molar refractivity (Wildman–Crippen MR) is 87.8 cm³/mol. The number of rotatable bonds is 2. The van der Waals surface area contributed by atoms with Crippen LogP contribution in [-0.2, 0) is 11.0 Å². The lowest BCUT2D eigenvalue weighted by Crippen LogP contribution is -2.36. The lowest BCUT2D eigenvalue weighted by molar-refractivity contribution is -0.137. The van der Waals surface area contributed by atoms with Crippen molar-refractivity contribution in [2.24, 2.45) is 0 Å². The van der Waals surface area contributed by atoms with Crippen molar-refractivity contribution in [3.8, 4) is 0 Å². The van der Waals surface area contributed by atoms with Gasteiger partial charge in [-0.25, -0.2) is 4.68 Å². The second-order valence-electron chi connectivity index (χ2n) is 5.03. The Morgan fingerprint density at radius 3 is 2.79 bits per heavy atom. The molecular weight excluding hydrogens is 411 g/mol. The average Bonchev–Trinajstić information content (AvgIpc) is 2.95. The third-order valence-corrected chi connectivity index (χ3v) is 4.34. The molecule has 126 valence electrons. The van der Waals surface area contributed by atoms with Gasteiger partial charge >= 0.3 is 6.18 Å². The van der Waals surface area contributed by atoms with E-state index < -0.39 is 11.7 Å². The number of amides is 1. The number of anilines is 1. The molecule has 0 fully saturated rings. The molecule has 9 heteroatoms. The van der Waals surface area contributed by atoms with Crippen molar-refractivity contribution < 1.29 is 18.0 Å². The van der Waals surface area contributed by atoms with Crippen LogP contribution < -0.4 is 4.90 Å². The monoisotopic (exact) mass is 419 g/mol. The molecule has 0 radical (unpaired) electrons. The summed E-state index contributed by atoms with van der Waals surface area (Å²) in [4.78, 5) is 13.4. The minimum absolute atomic E-state index is 0.196. The summed E-state index contributed by atoms with van der Waals surface area (Å²) in [6.07, 6.45) is -1.30. The van der Waals surface area contributed by atoms with Crippen LogP contribution in [0.25, 0.3) is 5.70 Å². The number of carbonyl (C=O) groups excluding carboxylic acids is 1. The van der Waals surface area contributed by atoms with Crippen molar-refractivity contribution in [2.75, 3.05) is 17.3 Å².